The van der Waals surface area contributed by atoms with E-state index in [1.807, 2.05) is 6.92 Å². The van der Waals surface area contributed by atoms with Crippen LogP contribution < -0.4 is 16.0 Å². The zero-order valence-corrected chi connectivity index (χ0v) is 16.4. The van der Waals surface area contributed by atoms with Gasteiger partial charge in [0.15, 0.2) is 0 Å². The van der Waals surface area contributed by atoms with Gasteiger partial charge in [-0.3, -0.25) is 14.4 Å². The molecule has 7 heteroatoms. The summed E-state index contributed by atoms with van der Waals surface area (Å²) in [6, 6.07) is 13.7. The number of hydrogen-bond donors (Lipinski definition) is 3. The predicted molar refractivity (Wildman–Crippen MR) is 111 cm³/mol. The van der Waals surface area contributed by atoms with E-state index in [0.29, 0.717) is 29.0 Å². The minimum absolute atomic E-state index is 0.0539. The molecule has 0 heterocycles. The van der Waals surface area contributed by atoms with E-state index in [0.717, 1.165) is 6.42 Å². The van der Waals surface area contributed by atoms with E-state index in [-0.39, 0.29) is 24.3 Å². The number of carbonyl (C=O) groups excluding carboxylic acids is 3. The van der Waals surface area contributed by atoms with Crippen molar-refractivity contribution in [3.63, 3.8) is 0 Å². The van der Waals surface area contributed by atoms with Crippen molar-refractivity contribution in [2.24, 2.45) is 0 Å². The SMILES string of the molecule is CCCNC(=O)c1ccc(NC(=O)CNc2cccc(C(=O)N(C)C)c2)cc1. The predicted octanol–water partition coefficient (Wildman–Crippen LogP) is 2.58. The van der Waals surface area contributed by atoms with Crippen LogP contribution in [0.2, 0.25) is 0 Å². The van der Waals surface area contributed by atoms with Gasteiger partial charge in [0.25, 0.3) is 11.8 Å². The number of anilines is 2. The Labute approximate surface area is 165 Å². The number of nitrogens with zero attached hydrogens (tertiary/aromatic N) is 1. The summed E-state index contributed by atoms with van der Waals surface area (Å²) >= 11 is 0. The Kier molecular flexibility index (Phi) is 7.56. The highest BCUT2D eigenvalue weighted by Crippen LogP contribution is 2.13. The summed E-state index contributed by atoms with van der Waals surface area (Å²) in [5.41, 5.74) is 2.39. The molecular formula is C21H26N4O3. The molecule has 0 fully saturated rings. The van der Waals surface area contributed by atoms with Crippen molar-refractivity contribution in [2.45, 2.75) is 13.3 Å². The summed E-state index contributed by atoms with van der Waals surface area (Å²) in [6.07, 6.45) is 0.874. The van der Waals surface area contributed by atoms with Crippen LogP contribution in [0.15, 0.2) is 48.5 Å². The molecule has 3 amide bonds. The molecule has 0 bridgehead atoms. The average molecular weight is 382 g/mol. The molecule has 3 N–H and O–H groups in total. The van der Waals surface area contributed by atoms with Gasteiger partial charge in [0.2, 0.25) is 5.91 Å². The van der Waals surface area contributed by atoms with Crippen LogP contribution in [0.25, 0.3) is 0 Å². The lowest BCUT2D eigenvalue weighted by Crippen LogP contribution is -2.24. The quantitative estimate of drug-likeness (QED) is 0.654. The summed E-state index contributed by atoms with van der Waals surface area (Å²) < 4.78 is 0. The van der Waals surface area contributed by atoms with Gasteiger partial charge >= 0.3 is 0 Å². The van der Waals surface area contributed by atoms with Crippen molar-refractivity contribution >= 4 is 29.1 Å². The summed E-state index contributed by atoms with van der Waals surface area (Å²) in [5.74, 6) is -0.461. The zero-order valence-electron chi connectivity index (χ0n) is 16.4. The summed E-state index contributed by atoms with van der Waals surface area (Å²) in [4.78, 5) is 37.5. The topological polar surface area (TPSA) is 90.5 Å². The Morgan fingerprint density at radius 2 is 1.64 bits per heavy atom. The van der Waals surface area contributed by atoms with Crippen molar-refractivity contribution in [2.75, 3.05) is 37.8 Å². The maximum Gasteiger partial charge on any atom is 0.253 e. The van der Waals surface area contributed by atoms with Crippen LogP contribution in [-0.2, 0) is 4.79 Å². The van der Waals surface area contributed by atoms with Crippen LogP contribution in [0.4, 0.5) is 11.4 Å². The van der Waals surface area contributed by atoms with Gasteiger partial charge < -0.3 is 20.9 Å². The van der Waals surface area contributed by atoms with Crippen molar-refractivity contribution < 1.29 is 14.4 Å². The molecular weight excluding hydrogens is 356 g/mol. The zero-order chi connectivity index (χ0) is 20.5. The fourth-order valence-corrected chi connectivity index (χ4v) is 2.45. The van der Waals surface area contributed by atoms with E-state index in [2.05, 4.69) is 16.0 Å². The molecule has 2 aromatic rings. The third-order valence-corrected chi connectivity index (χ3v) is 3.94. The molecule has 0 saturated carbocycles. The van der Waals surface area contributed by atoms with Gasteiger partial charge in [0.05, 0.1) is 6.54 Å². The number of rotatable bonds is 8. The largest absolute Gasteiger partial charge is 0.376 e. The van der Waals surface area contributed by atoms with Crippen LogP contribution in [0.3, 0.4) is 0 Å². The maximum absolute atomic E-state index is 12.1. The second-order valence-corrected chi connectivity index (χ2v) is 6.52. The highest BCUT2D eigenvalue weighted by Gasteiger charge is 2.09. The van der Waals surface area contributed by atoms with E-state index < -0.39 is 0 Å². The van der Waals surface area contributed by atoms with Crippen LogP contribution in [-0.4, -0.2) is 49.8 Å². The first-order valence-corrected chi connectivity index (χ1v) is 9.14. The second-order valence-electron chi connectivity index (χ2n) is 6.52. The number of benzene rings is 2. The standard InChI is InChI=1S/C21H26N4O3/c1-4-12-22-20(27)15-8-10-17(11-9-15)24-19(26)14-23-18-7-5-6-16(13-18)21(28)25(2)3/h5-11,13,23H,4,12,14H2,1-3H3,(H,22,27)(H,24,26). The van der Waals surface area contributed by atoms with Gasteiger partial charge in [-0.15, -0.1) is 0 Å². The third kappa shape index (κ3) is 6.12. The first-order chi connectivity index (χ1) is 13.4. The van der Waals surface area contributed by atoms with Gasteiger partial charge in [-0.2, -0.15) is 0 Å². The maximum atomic E-state index is 12.1. The third-order valence-electron chi connectivity index (χ3n) is 3.94. The van der Waals surface area contributed by atoms with Gasteiger partial charge in [-0.05, 0) is 48.9 Å². The molecule has 0 aliphatic carbocycles. The van der Waals surface area contributed by atoms with E-state index in [1.165, 1.54) is 4.90 Å². The molecule has 0 aromatic heterocycles. The lowest BCUT2D eigenvalue weighted by molar-refractivity contribution is -0.114. The molecule has 7 nitrogen and oxygen atoms in total. The fourth-order valence-electron chi connectivity index (χ4n) is 2.45. The Bertz CT molecular complexity index is 832. The molecule has 2 aromatic carbocycles. The Balaban J connectivity index is 1.88. The first-order valence-electron chi connectivity index (χ1n) is 9.14. The molecule has 0 aliphatic heterocycles. The summed E-state index contributed by atoms with van der Waals surface area (Å²) in [6.45, 7) is 2.67. The van der Waals surface area contributed by atoms with E-state index in [4.69, 9.17) is 0 Å². The molecule has 28 heavy (non-hydrogen) atoms. The van der Waals surface area contributed by atoms with E-state index in [9.17, 15) is 14.4 Å². The second kappa shape index (κ2) is 10.1. The highest BCUT2D eigenvalue weighted by molar-refractivity contribution is 5.97. The Morgan fingerprint density at radius 1 is 0.929 bits per heavy atom. The normalized spacial score (nSPS) is 10.1. The number of nitrogens with one attached hydrogen (secondary N) is 3. The number of carbonyl (C=O) groups is 3. The van der Waals surface area contributed by atoms with Crippen LogP contribution in [0.1, 0.15) is 34.1 Å². The molecule has 0 radical (unpaired) electrons. The monoisotopic (exact) mass is 382 g/mol. The minimum atomic E-state index is -0.229. The first kappa shape index (κ1) is 21.0. The molecule has 0 atom stereocenters. The molecule has 148 valence electrons. The van der Waals surface area contributed by atoms with Crippen molar-refractivity contribution in [1.82, 2.24) is 10.2 Å². The van der Waals surface area contributed by atoms with Gasteiger partial charge in [-0.1, -0.05) is 13.0 Å². The van der Waals surface area contributed by atoms with Crippen LogP contribution in [0, 0.1) is 0 Å². The number of hydrogen-bond acceptors (Lipinski definition) is 4. The van der Waals surface area contributed by atoms with Crippen molar-refractivity contribution in [3.05, 3.63) is 59.7 Å². The fraction of sp³-hybridized carbons (Fsp3) is 0.286. The van der Waals surface area contributed by atoms with Gasteiger partial charge in [0, 0.05) is 43.1 Å². The molecule has 0 spiro atoms. The number of amides is 3. The van der Waals surface area contributed by atoms with Crippen LogP contribution in [0.5, 0.6) is 0 Å². The lowest BCUT2D eigenvalue weighted by atomic mass is 10.2. The van der Waals surface area contributed by atoms with E-state index >= 15 is 0 Å². The van der Waals surface area contributed by atoms with Crippen molar-refractivity contribution in [1.29, 1.82) is 0 Å². The Morgan fingerprint density at radius 3 is 2.29 bits per heavy atom. The highest BCUT2D eigenvalue weighted by atomic mass is 16.2. The van der Waals surface area contributed by atoms with Gasteiger partial charge in [0.1, 0.15) is 0 Å². The summed E-state index contributed by atoms with van der Waals surface area (Å²) in [5, 5.41) is 8.58. The lowest BCUT2D eigenvalue weighted by Gasteiger charge is -2.12. The summed E-state index contributed by atoms with van der Waals surface area (Å²) in [7, 11) is 3.38. The average Bonchev–Trinajstić information content (AvgIpc) is 2.70. The molecule has 2 rings (SSSR count). The van der Waals surface area contributed by atoms with Gasteiger partial charge in [-0.25, -0.2) is 0 Å². The minimum Gasteiger partial charge on any atom is -0.376 e. The van der Waals surface area contributed by atoms with Crippen molar-refractivity contribution in [3.8, 4) is 0 Å². The van der Waals surface area contributed by atoms with Crippen LogP contribution >= 0.6 is 0 Å². The Hall–Kier alpha value is -3.35. The smallest absolute Gasteiger partial charge is 0.253 e. The molecule has 0 aliphatic rings. The molecule has 0 unspecified atom stereocenters. The molecule has 0 saturated heterocycles. The van der Waals surface area contributed by atoms with E-state index in [1.54, 1.807) is 62.6 Å².